The highest BCUT2D eigenvalue weighted by Crippen LogP contribution is 2.31. The van der Waals surface area contributed by atoms with Crippen LogP contribution in [-0.4, -0.2) is 9.97 Å². The predicted molar refractivity (Wildman–Crippen MR) is 68.3 cm³/mol. The molecule has 2 aromatic rings. The summed E-state index contributed by atoms with van der Waals surface area (Å²) < 4.78 is 5.50. The van der Waals surface area contributed by atoms with Gasteiger partial charge in [-0.15, -0.1) is 0 Å². The fraction of sp³-hybridized carbons (Fsp3) is 0.0909. The van der Waals surface area contributed by atoms with Crippen molar-refractivity contribution in [1.29, 1.82) is 0 Å². The molecule has 0 unspecified atom stereocenters. The fourth-order valence-corrected chi connectivity index (χ4v) is 1.89. The van der Waals surface area contributed by atoms with Gasteiger partial charge in [-0.1, -0.05) is 34.8 Å². The number of nitrogens with zero attached hydrogens (tertiary/aromatic N) is 2. The molecule has 0 saturated carbocycles. The maximum atomic E-state index is 5.97. The zero-order valence-corrected chi connectivity index (χ0v) is 11.0. The van der Waals surface area contributed by atoms with Crippen LogP contribution in [0.1, 0.15) is 5.82 Å². The second-order valence-electron chi connectivity index (χ2n) is 3.25. The summed E-state index contributed by atoms with van der Waals surface area (Å²) in [5.41, 5.74) is 0. The molecule has 0 amide bonds. The zero-order valence-electron chi connectivity index (χ0n) is 8.75. The lowest BCUT2D eigenvalue weighted by Gasteiger charge is -2.07. The minimum absolute atomic E-state index is 0.317. The summed E-state index contributed by atoms with van der Waals surface area (Å²) in [6.45, 7) is 1.72. The largest absolute Gasteiger partial charge is 0.437 e. The molecule has 1 heterocycles. The van der Waals surface area contributed by atoms with Crippen LogP contribution in [0.2, 0.25) is 15.2 Å². The van der Waals surface area contributed by atoms with E-state index in [1.165, 1.54) is 6.07 Å². The molecule has 0 aliphatic heterocycles. The Morgan fingerprint density at radius 3 is 2.47 bits per heavy atom. The molecule has 0 bridgehead atoms. The lowest BCUT2D eigenvalue weighted by Crippen LogP contribution is -1.93. The van der Waals surface area contributed by atoms with Gasteiger partial charge in [0.15, 0.2) is 0 Å². The maximum absolute atomic E-state index is 5.97. The van der Waals surface area contributed by atoms with Crippen LogP contribution in [-0.2, 0) is 0 Å². The molecule has 0 radical (unpaired) electrons. The molecule has 88 valence electrons. The first kappa shape index (κ1) is 12.4. The van der Waals surface area contributed by atoms with E-state index in [-0.39, 0.29) is 0 Å². The van der Waals surface area contributed by atoms with E-state index >= 15 is 0 Å². The Balaban J connectivity index is 2.31. The summed E-state index contributed by atoms with van der Waals surface area (Å²) in [5.74, 6) is 1.33. The van der Waals surface area contributed by atoms with Crippen molar-refractivity contribution >= 4 is 34.8 Å². The first-order valence-corrected chi connectivity index (χ1v) is 5.82. The Bertz CT molecular complexity index is 540. The van der Waals surface area contributed by atoms with Crippen molar-refractivity contribution in [3.8, 4) is 11.6 Å². The van der Waals surface area contributed by atoms with Gasteiger partial charge < -0.3 is 4.74 Å². The molecule has 0 aliphatic carbocycles. The number of ether oxygens (including phenoxy) is 1. The van der Waals surface area contributed by atoms with Crippen LogP contribution in [0.3, 0.4) is 0 Å². The third kappa shape index (κ3) is 3.22. The van der Waals surface area contributed by atoms with Gasteiger partial charge in [-0.05, 0) is 25.1 Å². The first-order valence-electron chi connectivity index (χ1n) is 4.69. The van der Waals surface area contributed by atoms with Gasteiger partial charge in [-0.2, -0.15) is 4.98 Å². The molecular weight excluding hydrogens is 282 g/mol. The van der Waals surface area contributed by atoms with E-state index in [9.17, 15) is 0 Å². The average Bonchev–Trinajstić information content (AvgIpc) is 2.21. The molecule has 0 saturated heterocycles. The monoisotopic (exact) mass is 288 g/mol. The molecule has 0 N–H and O–H groups in total. The molecule has 0 atom stereocenters. The quantitative estimate of drug-likeness (QED) is 0.761. The molecule has 0 aliphatic rings. The first-order chi connectivity index (χ1) is 8.04. The average molecular weight is 290 g/mol. The summed E-state index contributed by atoms with van der Waals surface area (Å²) in [6, 6.07) is 6.45. The number of benzene rings is 1. The van der Waals surface area contributed by atoms with Crippen molar-refractivity contribution in [1.82, 2.24) is 9.97 Å². The van der Waals surface area contributed by atoms with Crippen molar-refractivity contribution in [3.63, 3.8) is 0 Å². The second-order valence-corrected chi connectivity index (χ2v) is 4.48. The molecule has 0 fully saturated rings. The van der Waals surface area contributed by atoms with E-state index in [0.29, 0.717) is 32.7 Å². The lowest BCUT2D eigenvalue weighted by atomic mass is 10.3. The van der Waals surface area contributed by atoms with Gasteiger partial charge in [-0.25, -0.2) is 4.98 Å². The molecular formula is C11H7Cl3N2O. The number of rotatable bonds is 2. The van der Waals surface area contributed by atoms with Crippen molar-refractivity contribution in [3.05, 3.63) is 45.3 Å². The fourth-order valence-electron chi connectivity index (χ4n) is 1.23. The Morgan fingerprint density at radius 1 is 1.06 bits per heavy atom. The number of halogens is 3. The number of hydrogen-bond donors (Lipinski definition) is 0. The van der Waals surface area contributed by atoms with Crippen LogP contribution >= 0.6 is 34.8 Å². The molecule has 6 heteroatoms. The number of aromatic nitrogens is 2. The van der Waals surface area contributed by atoms with Gasteiger partial charge in [0.2, 0.25) is 5.88 Å². The topological polar surface area (TPSA) is 35.0 Å². The summed E-state index contributed by atoms with van der Waals surface area (Å²) in [7, 11) is 0. The maximum Gasteiger partial charge on any atom is 0.224 e. The summed E-state index contributed by atoms with van der Waals surface area (Å²) in [6.07, 6.45) is 0. The van der Waals surface area contributed by atoms with Crippen LogP contribution in [0.4, 0.5) is 0 Å². The molecule has 1 aromatic heterocycles. The Hall–Kier alpha value is -1.03. The Labute approximate surface area is 113 Å². The van der Waals surface area contributed by atoms with E-state index in [4.69, 9.17) is 39.5 Å². The van der Waals surface area contributed by atoms with E-state index in [1.807, 2.05) is 0 Å². The van der Waals surface area contributed by atoms with Crippen LogP contribution in [0.15, 0.2) is 24.3 Å². The minimum Gasteiger partial charge on any atom is -0.437 e. The van der Waals surface area contributed by atoms with E-state index < -0.39 is 0 Å². The van der Waals surface area contributed by atoms with Gasteiger partial charge in [0.25, 0.3) is 0 Å². The summed E-state index contributed by atoms with van der Waals surface area (Å²) in [5, 5.41) is 1.27. The number of aryl methyl sites for hydroxylation is 1. The highest BCUT2D eigenvalue weighted by Gasteiger charge is 2.06. The molecule has 3 nitrogen and oxygen atoms in total. The van der Waals surface area contributed by atoms with E-state index in [0.717, 1.165) is 0 Å². The van der Waals surface area contributed by atoms with E-state index in [1.54, 1.807) is 25.1 Å². The summed E-state index contributed by atoms with van der Waals surface area (Å²) in [4.78, 5) is 8.02. The van der Waals surface area contributed by atoms with Gasteiger partial charge in [-0.3, -0.25) is 0 Å². The Kier molecular flexibility index (Phi) is 3.72. The second kappa shape index (κ2) is 5.08. The SMILES string of the molecule is Cc1nc(Cl)cc(Oc2ccc(Cl)cc2Cl)n1. The van der Waals surface area contributed by atoms with E-state index in [2.05, 4.69) is 9.97 Å². The van der Waals surface area contributed by atoms with Gasteiger partial charge in [0.05, 0.1) is 5.02 Å². The molecule has 17 heavy (non-hydrogen) atoms. The summed E-state index contributed by atoms with van der Waals surface area (Å²) >= 11 is 17.6. The van der Waals surface area contributed by atoms with Crippen molar-refractivity contribution < 1.29 is 4.74 Å². The standard InChI is InChI=1S/C11H7Cl3N2O/c1-6-15-10(14)5-11(16-6)17-9-3-2-7(12)4-8(9)13/h2-5H,1H3. The molecule has 0 spiro atoms. The minimum atomic E-state index is 0.317. The van der Waals surface area contributed by atoms with Crippen LogP contribution in [0, 0.1) is 6.92 Å². The van der Waals surface area contributed by atoms with Crippen LogP contribution in [0.5, 0.6) is 11.6 Å². The Morgan fingerprint density at radius 2 is 1.82 bits per heavy atom. The molecule has 1 aromatic carbocycles. The van der Waals surface area contributed by atoms with Gasteiger partial charge in [0, 0.05) is 11.1 Å². The highest BCUT2D eigenvalue weighted by molar-refractivity contribution is 6.35. The smallest absolute Gasteiger partial charge is 0.224 e. The van der Waals surface area contributed by atoms with Gasteiger partial charge in [0.1, 0.15) is 16.7 Å². The van der Waals surface area contributed by atoms with Gasteiger partial charge >= 0.3 is 0 Å². The van der Waals surface area contributed by atoms with Crippen molar-refractivity contribution in [2.45, 2.75) is 6.92 Å². The lowest BCUT2D eigenvalue weighted by molar-refractivity contribution is 0.460. The van der Waals surface area contributed by atoms with Crippen molar-refractivity contribution in [2.75, 3.05) is 0 Å². The van der Waals surface area contributed by atoms with Crippen LogP contribution < -0.4 is 4.74 Å². The number of hydrogen-bond acceptors (Lipinski definition) is 3. The van der Waals surface area contributed by atoms with Crippen LogP contribution in [0.25, 0.3) is 0 Å². The normalized spacial score (nSPS) is 10.4. The third-order valence-corrected chi connectivity index (χ3v) is 2.62. The predicted octanol–water partition coefficient (Wildman–Crippen LogP) is 4.54. The van der Waals surface area contributed by atoms with Crippen molar-refractivity contribution in [2.24, 2.45) is 0 Å². The zero-order chi connectivity index (χ0) is 12.4. The third-order valence-electron chi connectivity index (χ3n) is 1.89. The highest BCUT2D eigenvalue weighted by atomic mass is 35.5. The molecule has 2 rings (SSSR count).